The van der Waals surface area contributed by atoms with Crippen molar-refractivity contribution >= 4 is 34.0 Å². The highest BCUT2D eigenvalue weighted by Gasteiger charge is 2.30. The zero-order chi connectivity index (χ0) is 23.1. The largest absolute Gasteiger partial charge is 0.382 e. The highest BCUT2D eigenvalue weighted by atomic mass is 16.5. The Bertz CT molecular complexity index is 1200. The molecule has 0 aliphatic carbocycles. The van der Waals surface area contributed by atoms with Gasteiger partial charge in [0.1, 0.15) is 36.1 Å². The molecule has 34 heavy (non-hydrogen) atoms. The van der Waals surface area contributed by atoms with Crippen molar-refractivity contribution in [2.75, 3.05) is 11.5 Å². The molecule has 0 bridgehead atoms. The van der Waals surface area contributed by atoms with E-state index in [0.29, 0.717) is 22.7 Å². The van der Waals surface area contributed by atoms with Crippen molar-refractivity contribution in [1.82, 2.24) is 39.0 Å². The van der Waals surface area contributed by atoms with Crippen molar-refractivity contribution in [3.63, 3.8) is 0 Å². The minimum absolute atomic E-state index is 0.0499. The first kappa shape index (κ1) is 21.2. The van der Waals surface area contributed by atoms with Crippen molar-refractivity contribution in [2.24, 2.45) is 0 Å². The molecule has 4 aromatic rings. The Morgan fingerprint density at radius 1 is 0.676 bits per heavy atom. The molecule has 0 saturated carbocycles. The molecule has 4 N–H and O–H groups in total. The second kappa shape index (κ2) is 8.76. The Morgan fingerprint density at radius 3 is 1.62 bits per heavy atom. The second-order valence-corrected chi connectivity index (χ2v) is 9.03. The number of fused-ring (bicyclic) bond motifs is 2. The molecule has 6 rings (SSSR count). The van der Waals surface area contributed by atoms with Gasteiger partial charge in [-0.3, -0.25) is 9.13 Å². The summed E-state index contributed by atoms with van der Waals surface area (Å²) in [7, 11) is 0. The zero-order valence-electron chi connectivity index (χ0n) is 18.8. The van der Waals surface area contributed by atoms with Gasteiger partial charge >= 0.3 is 0 Å². The third kappa shape index (κ3) is 3.82. The van der Waals surface area contributed by atoms with Crippen molar-refractivity contribution in [3.05, 3.63) is 25.3 Å². The third-order valence-corrected chi connectivity index (χ3v) is 6.87. The lowest BCUT2D eigenvalue weighted by Crippen LogP contribution is -2.13. The van der Waals surface area contributed by atoms with Crippen LogP contribution in [0, 0.1) is 0 Å². The van der Waals surface area contributed by atoms with Crippen LogP contribution >= 0.6 is 0 Å². The summed E-state index contributed by atoms with van der Waals surface area (Å²) in [6.07, 6.45) is 15.1. The number of imidazole rings is 2. The van der Waals surface area contributed by atoms with E-state index in [1.165, 1.54) is 12.7 Å². The van der Waals surface area contributed by atoms with Gasteiger partial charge in [-0.15, -0.1) is 0 Å². The van der Waals surface area contributed by atoms with Gasteiger partial charge in [0.05, 0.1) is 24.9 Å². The number of ether oxygens (including phenoxy) is 2. The number of unbranched alkanes of at least 4 members (excludes halogenated alkanes) is 1. The van der Waals surface area contributed by atoms with Gasteiger partial charge in [-0.05, 0) is 38.5 Å². The van der Waals surface area contributed by atoms with Gasteiger partial charge in [0.25, 0.3) is 0 Å². The van der Waals surface area contributed by atoms with Crippen LogP contribution in [-0.2, 0) is 9.47 Å². The number of nitrogens with zero attached hydrogens (tertiary/aromatic N) is 8. The average Bonchev–Trinajstić information content (AvgIpc) is 3.62. The molecule has 178 valence electrons. The van der Waals surface area contributed by atoms with Crippen molar-refractivity contribution < 1.29 is 9.47 Å². The molecule has 0 aromatic carbocycles. The van der Waals surface area contributed by atoms with E-state index >= 15 is 0 Å². The van der Waals surface area contributed by atoms with Crippen LogP contribution in [0.5, 0.6) is 0 Å². The predicted molar refractivity (Wildman–Crippen MR) is 124 cm³/mol. The SMILES string of the molecule is Nc1ncnc2c1ncn2[C@H]1CC[C@@H](CCCC[C@@H]2CC[C@H](n3cnc4c(N)ncnc43)O2)O1. The summed E-state index contributed by atoms with van der Waals surface area (Å²) in [6.45, 7) is 0. The second-order valence-electron chi connectivity index (χ2n) is 9.03. The van der Waals surface area contributed by atoms with Gasteiger partial charge in [-0.2, -0.15) is 0 Å². The standard InChI is InChI=1S/C22H28N10O2/c23-19-17-21(27-9-25-19)31(11-29-17)15-7-5-13(33-15)3-1-2-4-14-6-8-16(34-14)32-12-30-18-20(24)26-10-28-22(18)32/h9-16H,1-8H2,(H2,23,25,27)(H2,24,26,28)/t13-,14-,15-,16-/m1/s1. The predicted octanol–water partition coefficient (Wildman–Crippen LogP) is 2.75. The fourth-order valence-corrected chi connectivity index (χ4v) is 5.11. The third-order valence-electron chi connectivity index (χ3n) is 6.87. The van der Waals surface area contributed by atoms with Gasteiger partial charge in [-0.1, -0.05) is 12.8 Å². The lowest BCUT2D eigenvalue weighted by Gasteiger charge is -2.16. The number of rotatable bonds is 7. The Hall–Kier alpha value is -3.38. The molecule has 6 heterocycles. The molecular weight excluding hydrogens is 436 g/mol. The topological polar surface area (TPSA) is 158 Å². The van der Waals surface area contributed by atoms with E-state index in [-0.39, 0.29) is 24.7 Å². The molecule has 0 amide bonds. The fraction of sp³-hybridized carbons (Fsp3) is 0.545. The van der Waals surface area contributed by atoms with Gasteiger partial charge in [-0.25, -0.2) is 29.9 Å². The first-order valence-electron chi connectivity index (χ1n) is 11.8. The van der Waals surface area contributed by atoms with Crippen LogP contribution in [0.3, 0.4) is 0 Å². The Kier molecular flexibility index (Phi) is 5.46. The van der Waals surface area contributed by atoms with Crippen LogP contribution < -0.4 is 11.5 Å². The van der Waals surface area contributed by atoms with E-state index in [0.717, 1.165) is 62.7 Å². The van der Waals surface area contributed by atoms with Gasteiger partial charge in [0, 0.05) is 0 Å². The fourth-order valence-electron chi connectivity index (χ4n) is 5.11. The van der Waals surface area contributed by atoms with Crippen molar-refractivity contribution in [3.8, 4) is 0 Å². The van der Waals surface area contributed by atoms with Crippen LogP contribution in [0.25, 0.3) is 22.3 Å². The highest BCUT2D eigenvalue weighted by Crippen LogP contribution is 2.35. The summed E-state index contributed by atoms with van der Waals surface area (Å²) in [6, 6.07) is 0. The minimum Gasteiger partial charge on any atom is -0.382 e. The summed E-state index contributed by atoms with van der Waals surface area (Å²) in [5, 5.41) is 0. The van der Waals surface area contributed by atoms with Gasteiger partial charge in [0.2, 0.25) is 0 Å². The van der Waals surface area contributed by atoms with Gasteiger partial charge in [0.15, 0.2) is 22.9 Å². The number of nitrogens with two attached hydrogens (primary N) is 2. The van der Waals surface area contributed by atoms with Crippen LogP contribution in [0.4, 0.5) is 11.6 Å². The molecule has 12 nitrogen and oxygen atoms in total. The zero-order valence-corrected chi connectivity index (χ0v) is 18.8. The van der Waals surface area contributed by atoms with E-state index in [4.69, 9.17) is 20.9 Å². The van der Waals surface area contributed by atoms with Crippen LogP contribution in [0.1, 0.15) is 63.8 Å². The summed E-state index contributed by atoms with van der Waals surface area (Å²) in [4.78, 5) is 25.4. The molecular formula is C22H28N10O2. The van der Waals surface area contributed by atoms with E-state index in [1.54, 1.807) is 12.7 Å². The smallest absolute Gasteiger partial charge is 0.167 e. The summed E-state index contributed by atoms with van der Waals surface area (Å²) in [5.41, 5.74) is 14.5. The van der Waals surface area contributed by atoms with Crippen LogP contribution in [-0.4, -0.2) is 51.2 Å². The Balaban J connectivity index is 0.971. The Morgan fingerprint density at radius 2 is 1.15 bits per heavy atom. The van der Waals surface area contributed by atoms with Gasteiger partial charge < -0.3 is 20.9 Å². The maximum Gasteiger partial charge on any atom is 0.167 e. The van der Waals surface area contributed by atoms with Crippen LogP contribution in [0.15, 0.2) is 25.3 Å². The number of hydrogen-bond donors (Lipinski definition) is 2. The number of nitrogen functional groups attached to an aromatic ring is 2. The number of hydrogen-bond acceptors (Lipinski definition) is 10. The molecule has 0 radical (unpaired) electrons. The monoisotopic (exact) mass is 464 g/mol. The molecule has 0 spiro atoms. The summed E-state index contributed by atoms with van der Waals surface area (Å²) >= 11 is 0. The molecule has 12 heteroatoms. The minimum atomic E-state index is -0.0499. The van der Waals surface area contributed by atoms with E-state index in [1.807, 2.05) is 9.13 Å². The molecule has 2 aliphatic rings. The summed E-state index contributed by atoms with van der Waals surface area (Å²) in [5.74, 6) is 0.793. The van der Waals surface area contributed by atoms with Crippen LogP contribution in [0.2, 0.25) is 0 Å². The normalized spacial score (nSPS) is 25.1. The first-order valence-corrected chi connectivity index (χ1v) is 11.8. The van der Waals surface area contributed by atoms with Crippen molar-refractivity contribution in [2.45, 2.75) is 76.0 Å². The Labute approximate surface area is 195 Å². The first-order chi connectivity index (χ1) is 16.7. The maximum atomic E-state index is 6.30. The average molecular weight is 465 g/mol. The lowest BCUT2D eigenvalue weighted by molar-refractivity contribution is -0.00684. The molecule has 0 unspecified atom stereocenters. The highest BCUT2D eigenvalue weighted by molar-refractivity contribution is 5.81. The lowest BCUT2D eigenvalue weighted by atomic mass is 10.0. The molecule has 2 saturated heterocycles. The molecule has 4 aromatic heterocycles. The summed E-state index contributed by atoms with van der Waals surface area (Å²) < 4.78 is 16.5. The van der Waals surface area contributed by atoms with E-state index < -0.39 is 0 Å². The molecule has 4 atom stereocenters. The number of aromatic nitrogens is 8. The quantitative estimate of drug-likeness (QED) is 0.389. The van der Waals surface area contributed by atoms with E-state index in [2.05, 4.69) is 29.9 Å². The maximum absolute atomic E-state index is 6.30. The van der Waals surface area contributed by atoms with E-state index in [9.17, 15) is 0 Å². The number of anilines is 2. The van der Waals surface area contributed by atoms with Crippen molar-refractivity contribution in [1.29, 1.82) is 0 Å². The molecule has 2 fully saturated rings. The molecule has 2 aliphatic heterocycles.